The Morgan fingerprint density at radius 1 is 1.30 bits per heavy atom. The lowest BCUT2D eigenvalue weighted by atomic mass is 10.0. The van der Waals surface area contributed by atoms with Crippen LogP contribution in [0.25, 0.3) is 0 Å². The van der Waals surface area contributed by atoms with Gasteiger partial charge >= 0.3 is 0 Å². The quantitative estimate of drug-likeness (QED) is 0.865. The highest BCUT2D eigenvalue weighted by molar-refractivity contribution is 5.15. The molecule has 0 radical (unpaired) electrons. The lowest BCUT2D eigenvalue weighted by molar-refractivity contribution is 0.444. The van der Waals surface area contributed by atoms with E-state index in [1.807, 2.05) is 0 Å². The fraction of sp³-hybridized carbons (Fsp3) is 0.824. The zero-order valence-corrected chi connectivity index (χ0v) is 13.2. The molecule has 20 heavy (non-hydrogen) atoms. The van der Waals surface area contributed by atoms with E-state index in [1.165, 1.54) is 37.1 Å². The Balaban J connectivity index is 1.70. The van der Waals surface area contributed by atoms with Crippen molar-refractivity contribution in [2.24, 2.45) is 17.8 Å². The minimum Gasteiger partial charge on any atom is -0.316 e. The van der Waals surface area contributed by atoms with Crippen molar-refractivity contribution in [2.45, 2.75) is 65.0 Å². The molecule has 1 aromatic rings. The third kappa shape index (κ3) is 2.52. The van der Waals surface area contributed by atoms with E-state index in [1.54, 1.807) is 0 Å². The zero-order chi connectivity index (χ0) is 14.1. The lowest BCUT2D eigenvalue weighted by Gasteiger charge is -2.17. The van der Waals surface area contributed by atoms with Gasteiger partial charge in [0.2, 0.25) is 0 Å². The minimum atomic E-state index is 0.648. The van der Waals surface area contributed by atoms with Crippen molar-refractivity contribution < 1.29 is 0 Å². The Morgan fingerprint density at radius 2 is 2.00 bits per heavy atom. The maximum absolute atomic E-state index is 4.69. The molecule has 0 saturated heterocycles. The first-order valence-electron chi connectivity index (χ1n) is 8.51. The maximum atomic E-state index is 4.69. The number of nitrogens with zero attached hydrogens (tertiary/aromatic N) is 2. The standard InChI is InChI=1S/C17H29N3/c1-4-12-10-13(20(5-2)19-12)11-16(18-3)17-14-8-6-7-9-15(14)17/h10,14-18H,4-9,11H2,1-3H3. The normalized spacial score (nSPS) is 30.1. The zero-order valence-electron chi connectivity index (χ0n) is 13.2. The van der Waals surface area contributed by atoms with Crippen molar-refractivity contribution in [1.82, 2.24) is 15.1 Å². The SMILES string of the molecule is CCc1cc(CC(NC)C2C3CCCCC32)n(CC)n1. The fourth-order valence-electron chi connectivity index (χ4n) is 4.43. The van der Waals surface area contributed by atoms with Gasteiger partial charge in [0.15, 0.2) is 0 Å². The van der Waals surface area contributed by atoms with Gasteiger partial charge in [-0.05, 0) is 57.1 Å². The minimum absolute atomic E-state index is 0.648. The first-order chi connectivity index (χ1) is 9.78. The van der Waals surface area contributed by atoms with E-state index < -0.39 is 0 Å². The van der Waals surface area contributed by atoms with Crippen molar-refractivity contribution in [3.63, 3.8) is 0 Å². The van der Waals surface area contributed by atoms with Gasteiger partial charge < -0.3 is 5.32 Å². The second-order valence-corrected chi connectivity index (χ2v) is 6.59. The van der Waals surface area contributed by atoms with E-state index in [0.29, 0.717) is 6.04 Å². The fourth-order valence-corrected chi connectivity index (χ4v) is 4.43. The maximum Gasteiger partial charge on any atom is 0.0624 e. The Morgan fingerprint density at radius 3 is 2.55 bits per heavy atom. The van der Waals surface area contributed by atoms with Crippen LogP contribution in [-0.2, 0) is 19.4 Å². The van der Waals surface area contributed by atoms with Crippen LogP contribution in [0.2, 0.25) is 0 Å². The van der Waals surface area contributed by atoms with Gasteiger partial charge in [-0.1, -0.05) is 19.8 Å². The number of fused-ring (bicyclic) bond motifs is 1. The second-order valence-electron chi connectivity index (χ2n) is 6.59. The van der Waals surface area contributed by atoms with Gasteiger partial charge in [0.25, 0.3) is 0 Å². The highest BCUT2D eigenvalue weighted by Gasteiger charge is 2.53. The Bertz CT molecular complexity index is 439. The third-order valence-electron chi connectivity index (χ3n) is 5.56. The molecule has 112 valence electrons. The van der Waals surface area contributed by atoms with E-state index in [0.717, 1.165) is 37.1 Å². The summed E-state index contributed by atoms with van der Waals surface area (Å²) in [4.78, 5) is 0. The molecule has 3 rings (SSSR count). The molecule has 1 N–H and O–H groups in total. The van der Waals surface area contributed by atoms with Gasteiger partial charge in [0, 0.05) is 24.7 Å². The van der Waals surface area contributed by atoms with Crippen LogP contribution in [0, 0.1) is 17.8 Å². The largest absolute Gasteiger partial charge is 0.316 e. The number of nitrogens with one attached hydrogen (secondary N) is 1. The van der Waals surface area contributed by atoms with E-state index >= 15 is 0 Å². The molecule has 1 aromatic heterocycles. The number of hydrogen-bond donors (Lipinski definition) is 1. The smallest absolute Gasteiger partial charge is 0.0624 e. The van der Waals surface area contributed by atoms with E-state index in [2.05, 4.69) is 37.0 Å². The average Bonchev–Trinajstić information content (AvgIpc) is 3.08. The Kier molecular flexibility index (Phi) is 4.16. The topological polar surface area (TPSA) is 29.9 Å². The summed E-state index contributed by atoms with van der Waals surface area (Å²) < 4.78 is 2.20. The van der Waals surface area contributed by atoms with Crippen molar-refractivity contribution >= 4 is 0 Å². The predicted octanol–water partition coefficient (Wildman–Crippen LogP) is 3.03. The molecular formula is C17H29N3. The van der Waals surface area contributed by atoms with Crippen molar-refractivity contribution in [3.8, 4) is 0 Å². The van der Waals surface area contributed by atoms with Crippen LogP contribution in [-0.4, -0.2) is 22.9 Å². The molecule has 1 heterocycles. The molecule has 0 aliphatic heterocycles. The van der Waals surface area contributed by atoms with E-state index in [-0.39, 0.29) is 0 Å². The number of hydrogen-bond acceptors (Lipinski definition) is 2. The Hall–Kier alpha value is -0.830. The van der Waals surface area contributed by atoms with Crippen LogP contribution in [0.1, 0.15) is 50.9 Å². The van der Waals surface area contributed by atoms with Crippen LogP contribution in [0.3, 0.4) is 0 Å². The van der Waals surface area contributed by atoms with Gasteiger partial charge in [-0.15, -0.1) is 0 Å². The molecule has 3 nitrogen and oxygen atoms in total. The molecule has 2 fully saturated rings. The summed E-state index contributed by atoms with van der Waals surface area (Å²) in [6.45, 7) is 5.38. The average molecular weight is 275 g/mol. The summed E-state index contributed by atoms with van der Waals surface area (Å²) in [6, 6.07) is 2.97. The first-order valence-corrected chi connectivity index (χ1v) is 8.51. The first kappa shape index (κ1) is 14.1. The highest BCUT2D eigenvalue weighted by atomic mass is 15.3. The van der Waals surface area contributed by atoms with Crippen LogP contribution >= 0.6 is 0 Å². The van der Waals surface area contributed by atoms with Gasteiger partial charge in [-0.2, -0.15) is 5.10 Å². The summed E-state index contributed by atoms with van der Waals surface area (Å²) in [7, 11) is 2.14. The Labute approximate surface area is 123 Å². The molecule has 0 spiro atoms. The molecule has 0 amide bonds. The van der Waals surface area contributed by atoms with Crippen LogP contribution in [0.4, 0.5) is 0 Å². The van der Waals surface area contributed by atoms with Crippen molar-refractivity contribution in [2.75, 3.05) is 7.05 Å². The summed E-state index contributed by atoms with van der Waals surface area (Å²) in [5, 5.41) is 8.30. The molecule has 3 unspecified atom stereocenters. The van der Waals surface area contributed by atoms with Crippen molar-refractivity contribution in [1.29, 1.82) is 0 Å². The van der Waals surface area contributed by atoms with E-state index in [9.17, 15) is 0 Å². The summed E-state index contributed by atoms with van der Waals surface area (Å²) in [5.41, 5.74) is 2.66. The summed E-state index contributed by atoms with van der Waals surface area (Å²) >= 11 is 0. The number of aromatic nitrogens is 2. The van der Waals surface area contributed by atoms with Crippen LogP contribution in [0.5, 0.6) is 0 Å². The molecule has 0 aromatic carbocycles. The van der Waals surface area contributed by atoms with Crippen molar-refractivity contribution in [3.05, 3.63) is 17.5 Å². The third-order valence-corrected chi connectivity index (χ3v) is 5.56. The molecular weight excluding hydrogens is 246 g/mol. The lowest BCUT2D eigenvalue weighted by Crippen LogP contribution is -2.32. The van der Waals surface area contributed by atoms with E-state index in [4.69, 9.17) is 5.10 Å². The molecule has 3 heteroatoms. The van der Waals surface area contributed by atoms with Gasteiger partial charge in [0.1, 0.15) is 0 Å². The van der Waals surface area contributed by atoms with Crippen LogP contribution in [0.15, 0.2) is 6.07 Å². The molecule has 2 aliphatic carbocycles. The van der Waals surface area contributed by atoms with Gasteiger partial charge in [-0.3, -0.25) is 4.68 Å². The predicted molar refractivity (Wildman–Crippen MR) is 82.8 cm³/mol. The summed E-state index contributed by atoms with van der Waals surface area (Å²) in [6.07, 6.45) is 8.05. The number of likely N-dealkylation sites (N-methyl/N-ethyl adjacent to an activating group) is 1. The molecule has 0 bridgehead atoms. The molecule has 3 atom stereocenters. The highest BCUT2D eigenvalue weighted by Crippen LogP contribution is 2.57. The monoisotopic (exact) mass is 275 g/mol. The molecule has 2 aliphatic rings. The van der Waals surface area contributed by atoms with Gasteiger partial charge in [-0.25, -0.2) is 0 Å². The molecule has 2 saturated carbocycles. The second kappa shape index (κ2) is 5.88. The van der Waals surface area contributed by atoms with Crippen LogP contribution < -0.4 is 5.32 Å². The number of aryl methyl sites for hydroxylation is 2. The number of rotatable bonds is 6. The van der Waals surface area contributed by atoms with Gasteiger partial charge in [0.05, 0.1) is 5.69 Å². The summed E-state index contributed by atoms with van der Waals surface area (Å²) in [5.74, 6) is 2.96.